The Bertz CT molecular complexity index is 582. The van der Waals surface area contributed by atoms with Gasteiger partial charge in [-0.25, -0.2) is 17.5 Å². The zero-order chi connectivity index (χ0) is 16.3. The van der Waals surface area contributed by atoms with Gasteiger partial charge in [0.15, 0.2) is 0 Å². The molecule has 0 radical (unpaired) electrons. The molecule has 5 nitrogen and oxygen atoms in total. The highest BCUT2D eigenvalue weighted by Gasteiger charge is 2.24. The van der Waals surface area contributed by atoms with Crippen LogP contribution in [0.15, 0.2) is 23.1 Å². The summed E-state index contributed by atoms with van der Waals surface area (Å²) in [6.07, 6.45) is -0.0994. The number of halogens is 1. The van der Waals surface area contributed by atoms with Gasteiger partial charge in [-0.1, -0.05) is 20.8 Å². The number of benzene rings is 1. The fourth-order valence-corrected chi connectivity index (χ4v) is 2.61. The van der Waals surface area contributed by atoms with Crippen LogP contribution in [-0.2, 0) is 14.8 Å². The van der Waals surface area contributed by atoms with Crippen molar-refractivity contribution >= 4 is 15.7 Å². The third-order valence-electron chi connectivity index (χ3n) is 3.25. The van der Waals surface area contributed by atoms with E-state index in [4.69, 9.17) is 4.74 Å². The Hall–Kier alpha value is -1.18. The van der Waals surface area contributed by atoms with Crippen LogP contribution in [0.25, 0.3) is 0 Å². The first-order chi connectivity index (χ1) is 9.61. The van der Waals surface area contributed by atoms with Crippen molar-refractivity contribution in [2.45, 2.75) is 31.8 Å². The summed E-state index contributed by atoms with van der Waals surface area (Å²) in [5.41, 5.74) is 0.157. The fourth-order valence-electron chi connectivity index (χ4n) is 1.87. The summed E-state index contributed by atoms with van der Waals surface area (Å²) < 4.78 is 44.7. The number of anilines is 1. The van der Waals surface area contributed by atoms with E-state index < -0.39 is 15.8 Å². The Morgan fingerprint density at radius 2 is 1.95 bits per heavy atom. The lowest BCUT2D eigenvalue weighted by molar-refractivity contribution is 0.0268. The molecule has 0 spiro atoms. The highest BCUT2D eigenvalue weighted by atomic mass is 32.2. The van der Waals surface area contributed by atoms with Gasteiger partial charge in [0.2, 0.25) is 10.0 Å². The molecule has 2 N–H and O–H groups in total. The first-order valence-electron chi connectivity index (χ1n) is 6.61. The van der Waals surface area contributed by atoms with Gasteiger partial charge in [-0.05, 0) is 30.7 Å². The lowest BCUT2D eigenvalue weighted by atomic mass is 9.89. The van der Waals surface area contributed by atoms with E-state index >= 15 is 0 Å². The van der Waals surface area contributed by atoms with Crippen LogP contribution in [0.2, 0.25) is 0 Å². The molecule has 0 bridgehead atoms. The maximum Gasteiger partial charge on any atom is 0.240 e. The SMILES string of the molecule is CNS(=O)(=O)c1ccc(NC[C@@H](OC)C(C)(C)C)c(F)c1. The van der Waals surface area contributed by atoms with E-state index in [-0.39, 0.29) is 22.1 Å². The number of hydrogen-bond donors (Lipinski definition) is 2. The molecule has 7 heteroatoms. The van der Waals surface area contributed by atoms with Gasteiger partial charge < -0.3 is 10.1 Å². The molecule has 21 heavy (non-hydrogen) atoms. The molecule has 0 aliphatic carbocycles. The summed E-state index contributed by atoms with van der Waals surface area (Å²) in [6, 6.07) is 3.76. The van der Waals surface area contributed by atoms with E-state index in [1.54, 1.807) is 7.11 Å². The molecule has 0 aliphatic rings. The second kappa shape index (κ2) is 6.72. The zero-order valence-corrected chi connectivity index (χ0v) is 13.8. The van der Waals surface area contributed by atoms with E-state index in [0.717, 1.165) is 6.07 Å². The predicted molar refractivity (Wildman–Crippen MR) is 81.4 cm³/mol. The number of sulfonamides is 1. The Morgan fingerprint density at radius 3 is 2.38 bits per heavy atom. The van der Waals surface area contributed by atoms with Crippen molar-refractivity contribution in [1.29, 1.82) is 0 Å². The lowest BCUT2D eigenvalue weighted by Crippen LogP contribution is -2.35. The van der Waals surface area contributed by atoms with Crippen molar-refractivity contribution in [2.75, 3.05) is 26.0 Å². The van der Waals surface area contributed by atoms with Crippen LogP contribution in [0.1, 0.15) is 20.8 Å². The monoisotopic (exact) mass is 318 g/mol. The van der Waals surface area contributed by atoms with Gasteiger partial charge in [-0.2, -0.15) is 0 Å². The smallest absolute Gasteiger partial charge is 0.240 e. The summed E-state index contributed by atoms with van der Waals surface area (Å²) >= 11 is 0. The predicted octanol–water partition coefficient (Wildman–Crippen LogP) is 2.21. The minimum atomic E-state index is -3.64. The van der Waals surface area contributed by atoms with Crippen molar-refractivity contribution in [2.24, 2.45) is 5.41 Å². The third-order valence-corrected chi connectivity index (χ3v) is 4.66. The average Bonchev–Trinajstić information content (AvgIpc) is 2.39. The third kappa shape index (κ3) is 4.66. The van der Waals surface area contributed by atoms with Crippen molar-refractivity contribution < 1.29 is 17.5 Å². The molecule has 0 amide bonds. The highest BCUT2D eigenvalue weighted by molar-refractivity contribution is 7.89. The summed E-state index contributed by atoms with van der Waals surface area (Å²) in [6.45, 7) is 6.51. The summed E-state index contributed by atoms with van der Waals surface area (Å²) in [5.74, 6) is -0.616. The molecule has 0 saturated heterocycles. The van der Waals surface area contributed by atoms with Crippen molar-refractivity contribution in [1.82, 2.24) is 4.72 Å². The van der Waals surface area contributed by atoms with Crippen LogP contribution >= 0.6 is 0 Å². The first-order valence-corrected chi connectivity index (χ1v) is 8.10. The quantitative estimate of drug-likeness (QED) is 0.844. The van der Waals surface area contributed by atoms with Gasteiger partial charge in [-0.3, -0.25) is 0 Å². The molecule has 1 aromatic rings. The molecule has 1 atom stereocenters. The molecule has 0 saturated carbocycles. The molecular weight excluding hydrogens is 295 g/mol. The number of ether oxygens (including phenoxy) is 1. The Labute approximate surface area is 125 Å². The standard InChI is InChI=1S/C14H23FN2O3S/c1-14(2,3)13(20-5)9-17-12-7-6-10(8-11(12)15)21(18,19)16-4/h6-8,13,16-17H,9H2,1-5H3/t13-/m1/s1. The van der Waals surface area contributed by atoms with E-state index in [9.17, 15) is 12.8 Å². The number of nitrogens with one attached hydrogen (secondary N) is 2. The van der Waals surface area contributed by atoms with Crippen molar-refractivity contribution in [3.05, 3.63) is 24.0 Å². The molecule has 0 aliphatic heterocycles. The van der Waals surface area contributed by atoms with Crippen LogP contribution in [0, 0.1) is 11.2 Å². The second-order valence-electron chi connectivity index (χ2n) is 5.82. The average molecular weight is 318 g/mol. The second-order valence-corrected chi connectivity index (χ2v) is 7.71. The minimum Gasteiger partial charge on any atom is -0.380 e. The van der Waals surface area contributed by atoms with Gasteiger partial charge >= 0.3 is 0 Å². The zero-order valence-electron chi connectivity index (χ0n) is 13.0. The Kier molecular flexibility index (Phi) is 5.72. The molecule has 120 valence electrons. The first kappa shape index (κ1) is 17.9. The van der Waals surface area contributed by atoms with Gasteiger partial charge in [0.25, 0.3) is 0 Å². The highest BCUT2D eigenvalue weighted by Crippen LogP contribution is 2.24. The van der Waals surface area contributed by atoms with Gasteiger partial charge in [0.05, 0.1) is 16.7 Å². The maximum atomic E-state index is 14.0. The molecular formula is C14H23FN2O3S. The minimum absolute atomic E-state index is 0.0896. The molecule has 1 rings (SSSR count). The number of rotatable bonds is 6. The van der Waals surface area contributed by atoms with Crippen LogP contribution in [0.4, 0.5) is 10.1 Å². The van der Waals surface area contributed by atoms with E-state index in [1.165, 1.54) is 19.2 Å². The number of methoxy groups -OCH3 is 1. The Morgan fingerprint density at radius 1 is 1.33 bits per heavy atom. The van der Waals surface area contributed by atoms with E-state index in [1.807, 2.05) is 20.8 Å². The molecule has 0 heterocycles. The van der Waals surface area contributed by atoms with Crippen molar-refractivity contribution in [3.63, 3.8) is 0 Å². The van der Waals surface area contributed by atoms with Crippen LogP contribution in [0.3, 0.4) is 0 Å². The van der Waals surface area contributed by atoms with Gasteiger partial charge in [0, 0.05) is 13.7 Å². The van der Waals surface area contributed by atoms with Crippen LogP contribution in [-0.4, -0.2) is 35.2 Å². The number of hydrogen-bond acceptors (Lipinski definition) is 4. The van der Waals surface area contributed by atoms with Gasteiger partial charge in [-0.15, -0.1) is 0 Å². The molecule has 0 fully saturated rings. The summed E-state index contributed by atoms with van der Waals surface area (Å²) in [4.78, 5) is -0.104. The van der Waals surface area contributed by atoms with E-state index in [0.29, 0.717) is 6.54 Å². The van der Waals surface area contributed by atoms with Crippen molar-refractivity contribution in [3.8, 4) is 0 Å². The molecule has 1 aromatic carbocycles. The summed E-state index contributed by atoms with van der Waals surface area (Å²) in [7, 11) is -0.748. The van der Waals surface area contributed by atoms with E-state index in [2.05, 4.69) is 10.0 Å². The molecule has 0 aromatic heterocycles. The van der Waals surface area contributed by atoms with Gasteiger partial charge in [0.1, 0.15) is 5.82 Å². The maximum absolute atomic E-state index is 14.0. The molecule has 0 unspecified atom stereocenters. The fraction of sp³-hybridized carbons (Fsp3) is 0.571. The van der Waals surface area contributed by atoms with Crippen LogP contribution < -0.4 is 10.0 Å². The Balaban J connectivity index is 2.88. The largest absolute Gasteiger partial charge is 0.380 e. The topological polar surface area (TPSA) is 67.4 Å². The summed E-state index contributed by atoms with van der Waals surface area (Å²) in [5, 5.41) is 2.95. The lowest BCUT2D eigenvalue weighted by Gasteiger charge is -2.29. The normalized spacial score (nSPS) is 14.0. The van der Waals surface area contributed by atoms with Crippen LogP contribution in [0.5, 0.6) is 0 Å².